The van der Waals surface area contributed by atoms with E-state index < -0.39 is 0 Å². The van der Waals surface area contributed by atoms with Gasteiger partial charge in [-0.2, -0.15) is 0 Å². The molecule has 2 heteroatoms. The Bertz CT molecular complexity index is 256. The van der Waals surface area contributed by atoms with E-state index >= 15 is 0 Å². The van der Waals surface area contributed by atoms with Crippen molar-refractivity contribution >= 4 is 15.9 Å². The molecule has 1 aromatic rings. The Morgan fingerprint density at radius 1 is 1.45 bits per heavy atom. The summed E-state index contributed by atoms with van der Waals surface area (Å²) in [6.45, 7) is 4.05. The summed E-state index contributed by atoms with van der Waals surface area (Å²) in [5, 5.41) is 0. The van der Waals surface area contributed by atoms with E-state index in [2.05, 4.69) is 41.1 Å². The Balaban J connectivity index is 3.09. The fourth-order valence-corrected chi connectivity index (χ4v) is 1.86. The zero-order chi connectivity index (χ0) is 8.43. The molecule has 0 heterocycles. The number of hydrogen-bond donors (Lipinski definition) is 1. The van der Waals surface area contributed by atoms with Crippen LogP contribution in [0.2, 0.25) is 0 Å². The highest BCUT2D eigenvalue weighted by Gasteiger charge is 2.03. The minimum absolute atomic E-state index is 0.102. The number of halogens is 1. The average Bonchev–Trinajstić information content (AvgIpc) is 1.85. The van der Waals surface area contributed by atoms with Crippen molar-refractivity contribution in [3.05, 3.63) is 33.8 Å². The van der Waals surface area contributed by atoms with Gasteiger partial charge in [0.25, 0.3) is 0 Å². The Morgan fingerprint density at radius 2 is 2.09 bits per heavy atom. The topological polar surface area (TPSA) is 26.0 Å². The number of aryl methyl sites for hydroxylation is 1. The minimum atomic E-state index is 0.102. The molecule has 1 atom stereocenters. The van der Waals surface area contributed by atoms with Crippen LogP contribution in [0.3, 0.4) is 0 Å². The van der Waals surface area contributed by atoms with Crippen molar-refractivity contribution in [1.82, 2.24) is 0 Å². The molecule has 0 aliphatic carbocycles. The van der Waals surface area contributed by atoms with Gasteiger partial charge in [0, 0.05) is 10.5 Å². The third kappa shape index (κ3) is 2.04. The van der Waals surface area contributed by atoms with E-state index in [1.165, 1.54) is 5.56 Å². The molecule has 0 saturated carbocycles. The first-order valence-electron chi connectivity index (χ1n) is 3.63. The third-order valence-corrected chi connectivity index (χ3v) is 2.33. The molecule has 0 aliphatic heterocycles. The molecular weight excluding hydrogens is 202 g/mol. The standard InChI is InChI=1S/C9H12BrN/c1-6-3-4-8(7(2)11)9(10)5-6/h3-5,7H,11H2,1-2H3/t7-/m1/s1. The summed E-state index contributed by atoms with van der Waals surface area (Å²) >= 11 is 3.47. The lowest BCUT2D eigenvalue weighted by atomic mass is 10.1. The van der Waals surface area contributed by atoms with E-state index in [4.69, 9.17) is 5.73 Å². The second-order valence-electron chi connectivity index (χ2n) is 2.81. The van der Waals surface area contributed by atoms with Gasteiger partial charge < -0.3 is 5.73 Å². The predicted octanol–water partition coefficient (Wildman–Crippen LogP) is 2.78. The normalized spacial score (nSPS) is 13.1. The van der Waals surface area contributed by atoms with Crippen molar-refractivity contribution < 1.29 is 0 Å². The molecule has 0 unspecified atom stereocenters. The summed E-state index contributed by atoms with van der Waals surface area (Å²) in [6, 6.07) is 6.32. The van der Waals surface area contributed by atoms with Crippen LogP contribution in [0.4, 0.5) is 0 Å². The van der Waals surface area contributed by atoms with Crippen molar-refractivity contribution in [2.45, 2.75) is 19.9 Å². The third-order valence-electron chi connectivity index (χ3n) is 1.65. The van der Waals surface area contributed by atoms with Crippen LogP contribution in [-0.4, -0.2) is 0 Å². The van der Waals surface area contributed by atoms with Gasteiger partial charge in [0.05, 0.1) is 0 Å². The molecule has 2 N–H and O–H groups in total. The highest BCUT2D eigenvalue weighted by molar-refractivity contribution is 9.10. The number of hydrogen-bond acceptors (Lipinski definition) is 1. The molecule has 0 aliphatic rings. The van der Waals surface area contributed by atoms with E-state index in [9.17, 15) is 0 Å². The molecule has 0 spiro atoms. The Labute approximate surface area is 75.7 Å². The van der Waals surface area contributed by atoms with Crippen LogP contribution in [-0.2, 0) is 0 Å². The Kier molecular flexibility index (Phi) is 2.68. The number of rotatable bonds is 1. The molecule has 0 aromatic heterocycles. The van der Waals surface area contributed by atoms with Crippen LogP contribution in [0.5, 0.6) is 0 Å². The van der Waals surface area contributed by atoms with Gasteiger partial charge in [0.2, 0.25) is 0 Å². The summed E-state index contributed by atoms with van der Waals surface area (Å²) < 4.78 is 1.10. The minimum Gasteiger partial charge on any atom is -0.324 e. The van der Waals surface area contributed by atoms with E-state index in [1.807, 2.05) is 6.92 Å². The summed E-state index contributed by atoms with van der Waals surface area (Å²) in [7, 11) is 0. The molecule has 1 aromatic carbocycles. The molecule has 0 bridgehead atoms. The summed E-state index contributed by atoms with van der Waals surface area (Å²) in [6.07, 6.45) is 0. The van der Waals surface area contributed by atoms with Gasteiger partial charge in [-0.15, -0.1) is 0 Å². The molecule has 0 fully saturated rings. The molecule has 1 nitrogen and oxygen atoms in total. The Hall–Kier alpha value is -0.340. The van der Waals surface area contributed by atoms with Gasteiger partial charge in [0.1, 0.15) is 0 Å². The molecule has 11 heavy (non-hydrogen) atoms. The first-order valence-corrected chi connectivity index (χ1v) is 4.42. The van der Waals surface area contributed by atoms with Gasteiger partial charge in [-0.25, -0.2) is 0 Å². The van der Waals surface area contributed by atoms with Gasteiger partial charge in [0.15, 0.2) is 0 Å². The quantitative estimate of drug-likeness (QED) is 0.764. The van der Waals surface area contributed by atoms with Crippen LogP contribution >= 0.6 is 15.9 Å². The summed E-state index contributed by atoms with van der Waals surface area (Å²) in [5.41, 5.74) is 8.15. The van der Waals surface area contributed by atoms with E-state index in [0.717, 1.165) is 10.0 Å². The fraction of sp³-hybridized carbons (Fsp3) is 0.333. The molecule has 0 amide bonds. The molecule has 0 radical (unpaired) electrons. The molecule has 60 valence electrons. The van der Waals surface area contributed by atoms with Crippen LogP contribution in [0.1, 0.15) is 24.1 Å². The van der Waals surface area contributed by atoms with Crippen LogP contribution in [0, 0.1) is 6.92 Å². The lowest BCUT2D eigenvalue weighted by Gasteiger charge is -2.08. The SMILES string of the molecule is Cc1ccc([C@@H](C)N)c(Br)c1. The first-order chi connectivity index (χ1) is 5.11. The van der Waals surface area contributed by atoms with Crippen LogP contribution < -0.4 is 5.73 Å². The average molecular weight is 214 g/mol. The monoisotopic (exact) mass is 213 g/mol. The summed E-state index contributed by atoms with van der Waals surface area (Å²) in [4.78, 5) is 0. The maximum atomic E-state index is 5.73. The first kappa shape index (κ1) is 8.75. The van der Waals surface area contributed by atoms with Gasteiger partial charge >= 0.3 is 0 Å². The van der Waals surface area contributed by atoms with E-state index in [1.54, 1.807) is 0 Å². The van der Waals surface area contributed by atoms with Crippen molar-refractivity contribution in [3.63, 3.8) is 0 Å². The van der Waals surface area contributed by atoms with Crippen molar-refractivity contribution in [2.24, 2.45) is 5.73 Å². The predicted molar refractivity (Wildman–Crippen MR) is 51.5 cm³/mol. The van der Waals surface area contributed by atoms with Crippen molar-refractivity contribution in [3.8, 4) is 0 Å². The van der Waals surface area contributed by atoms with Gasteiger partial charge in [-0.1, -0.05) is 28.1 Å². The highest BCUT2D eigenvalue weighted by atomic mass is 79.9. The Morgan fingerprint density at radius 3 is 2.55 bits per heavy atom. The second-order valence-corrected chi connectivity index (χ2v) is 3.67. The van der Waals surface area contributed by atoms with Crippen LogP contribution in [0.15, 0.2) is 22.7 Å². The lowest BCUT2D eigenvalue weighted by molar-refractivity contribution is 0.812. The van der Waals surface area contributed by atoms with Gasteiger partial charge in [-0.3, -0.25) is 0 Å². The van der Waals surface area contributed by atoms with E-state index in [-0.39, 0.29) is 6.04 Å². The number of nitrogens with two attached hydrogens (primary N) is 1. The van der Waals surface area contributed by atoms with Gasteiger partial charge in [-0.05, 0) is 31.0 Å². The number of benzene rings is 1. The molecular formula is C9H12BrN. The summed E-state index contributed by atoms with van der Waals surface area (Å²) in [5.74, 6) is 0. The largest absolute Gasteiger partial charge is 0.324 e. The zero-order valence-electron chi connectivity index (χ0n) is 6.76. The smallest absolute Gasteiger partial charge is 0.0277 e. The zero-order valence-corrected chi connectivity index (χ0v) is 8.35. The molecule has 0 saturated heterocycles. The lowest BCUT2D eigenvalue weighted by Crippen LogP contribution is -2.05. The molecule has 1 rings (SSSR count). The maximum Gasteiger partial charge on any atom is 0.0277 e. The van der Waals surface area contributed by atoms with Crippen LogP contribution in [0.25, 0.3) is 0 Å². The highest BCUT2D eigenvalue weighted by Crippen LogP contribution is 2.22. The van der Waals surface area contributed by atoms with E-state index in [0.29, 0.717) is 0 Å². The van der Waals surface area contributed by atoms with Crippen molar-refractivity contribution in [1.29, 1.82) is 0 Å². The maximum absolute atomic E-state index is 5.73. The van der Waals surface area contributed by atoms with Crippen molar-refractivity contribution in [2.75, 3.05) is 0 Å². The fourth-order valence-electron chi connectivity index (χ4n) is 1.00. The second kappa shape index (κ2) is 3.37.